The predicted molar refractivity (Wildman–Crippen MR) is 214 cm³/mol. The average Bonchev–Trinajstić information content (AvgIpc) is 3.77. The molecule has 2 aromatic heterocycles. The fourth-order valence-corrected chi connectivity index (χ4v) is 7.88. The number of allylic oxidation sites excluding steroid dienone is 4. The van der Waals surface area contributed by atoms with Gasteiger partial charge in [-0.3, -0.25) is 0 Å². The number of hydrogen-bond donors (Lipinski definition) is 0. The van der Waals surface area contributed by atoms with E-state index >= 15 is 0 Å². The van der Waals surface area contributed by atoms with Crippen LogP contribution in [0.2, 0.25) is 0 Å². The van der Waals surface area contributed by atoms with Gasteiger partial charge >= 0.3 is 0 Å². The van der Waals surface area contributed by atoms with E-state index in [-0.39, 0.29) is 5.41 Å². The molecular weight excluding hydrogens is 621 g/mol. The first-order valence-electron chi connectivity index (χ1n) is 18.1. The second kappa shape index (κ2) is 12.4. The lowest BCUT2D eigenvalue weighted by Gasteiger charge is -2.32. The molecule has 3 heteroatoms. The van der Waals surface area contributed by atoms with E-state index in [1.54, 1.807) is 0 Å². The van der Waals surface area contributed by atoms with Crippen molar-refractivity contribution < 1.29 is 4.42 Å². The van der Waals surface area contributed by atoms with Gasteiger partial charge in [-0.2, -0.15) is 0 Å². The highest BCUT2D eigenvalue weighted by Gasteiger charge is 2.29. The van der Waals surface area contributed by atoms with E-state index in [0.717, 1.165) is 35.1 Å². The quantitative estimate of drug-likeness (QED) is 0.170. The first kappa shape index (κ1) is 31.1. The third-order valence-electron chi connectivity index (χ3n) is 11.0. The van der Waals surface area contributed by atoms with Crippen LogP contribution in [0.5, 0.6) is 0 Å². The summed E-state index contributed by atoms with van der Waals surface area (Å²) >= 11 is 0. The zero-order valence-electron chi connectivity index (χ0n) is 29.3. The largest absolute Gasteiger partial charge is 0.436 e. The molecule has 51 heavy (non-hydrogen) atoms. The summed E-state index contributed by atoms with van der Waals surface area (Å²) in [6.45, 7) is 6.84. The highest BCUT2D eigenvalue weighted by Crippen LogP contribution is 2.44. The number of aromatic nitrogens is 2. The van der Waals surface area contributed by atoms with Crippen LogP contribution in [-0.2, 0) is 5.41 Å². The van der Waals surface area contributed by atoms with E-state index in [0.29, 0.717) is 11.8 Å². The van der Waals surface area contributed by atoms with Crippen LogP contribution in [0.1, 0.15) is 50.7 Å². The monoisotopic (exact) mass is 660 g/mol. The molecule has 6 aromatic carbocycles. The Labute approximate surface area is 299 Å². The van der Waals surface area contributed by atoms with Crippen LogP contribution in [0.4, 0.5) is 0 Å². The van der Waals surface area contributed by atoms with Gasteiger partial charge < -0.3 is 8.98 Å². The van der Waals surface area contributed by atoms with Crippen molar-refractivity contribution in [3.8, 4) is 33.7 Å². The molecule has 0 aliphatic heterocycles. The van der Waals surface area contributed by atoms with Crippen LogP contribution in [0, 0.1) is 0 Å². The first-order valence-corrected chi connectivity index (χ1v) is 18.1. The highest BCUT2D eigenvalue weighted by molar-refractivity contribution is 6.10. The van der Waals surface area contributed by atoms with E-state index in [1.807, 2.05) is 0 Å². The lowest BCUT2D eigenvalue weighted by atomic mass is 9.73. The first-order chi connectivity index (χ1) is 25.0. The number of rotatable bonds is 7. The van der Waals surface area contributed by atoms with E-state index in [1.165, 1.54) is 55.3 Å². The maximum absolute atomic E-state index is 6.20. The predicted octanol–water partition coefficient (Wildman–Crippen LogP) is 13.2. The summed E-state index contributed by atoms with van der Waals surface area (Å²) in [4.78, 5) is 4.87. The molecule has 248 valence electrons. The molecule has 1 aliphatic rings. The number of para-hydroxylation sites is 2. The Bertz CT molecular complexity index is 2580. The Morgan fingerprint density at radius 2 is 1.33 bits per heavy atom. The number of benzene rings is 6. The minimum absolute atomic E-state index is 0.169. The van der Waals surface area contributed by atoms with Crippen molar-refractivity contribution in [3.63, 3.8) is 0 Å². The van der Waals surface area contributed by atoms with Crippen LogP contribution in [0.25, 0.3) is 72.3 Å². The molecule has 2 unspecified atom stereocenters. The van der Waals surface area contributed by atoms with E-state index in [4.69, 9.17) is 9.40 Å². The molecule has 0 saturated carbocycles. The minimum atomic E-state index is -0.169. The molecule has 9 rings (SSSR count). The Balaban J connectivity index is 1.04. The van der Waals surface area contributed by atoms with Crippen molar-refractivity contribution >= 4 is 38.6 Å². The lowest BCUT2D eigenvalue weighted by Crippen LogP contribution is -2.22. The molecule has 0 N–H and O–H groups in total. The summed E-state index contributed by atoms with van der Waals surface area (Å²) in [5.41, 5.74) is 13.7. The van der Waals surface area contributed by atoms with Crippen LogP contribution in [0.3, 0.4) is 0 Å². The van der Waals surface area contributed by atoms with Gasteiger partial charge in [0.05, 0.1) is 11.0 Å². The summed E-state index contributed by atoms with van der Waals surface area (Å²) in [6.07, 6.45) is 9.14. The maximum atomic E-state index is 6.20. The second-order valence-electron chi connectivity index (χ2n) is 14.2. The van der Waals surface area contributed by atoms with Crippen LogP contribution < -0.4 is 0 Å². The van der Waals surface area contributed by atoms with Gasteiger partial charge in [-0.1, -0.05) is 136 Å². The summed E-state index contributed by atoms with van der Waals surface area (Å²) in [6, 6.07) is 50.2. The molecule has 0 spiro atoms. The Kier molecular flexibility index (Phi) is 7.58. The molecule has 2 heterocycles. The molecule has 3 nitrogen and oxygen atoms in total. The fourth-order valence-electron chi connectivity index (χ4n) is 7.88. The lowest BCUT2D eigenvalue weighted by molar-refractivity contribution is 0.601. The molecule has 1 aliphatic carbocycles. The molecule has 2 atom stereocenters. The van der Waals surface area contributed by atoms with Crippen molar-refractivity contribution in [2.75, 3.05) is 0 Å². The van der Waals surface area contributed by atoms with Gasteiger partial charge in [0.25, 0.3) is 0 Å². The van der Waals surface area contributed by atoms with Crippen molar-refractivity contribution in [1.29, 1.82) is 0 Å². The fraction of sp³-hybridized carbons (Fsp3) is 0.146. The molecule has 8 aromatic rings. The van der Waals surface area contributed by atoms with Gasteiger partial charge in [0.1, 0.15) is 5.52 Å². The summed E-state index contributed by atoms with van der Waals surface area (Å²) < 4.78 is 8.62. The van der Waals surface area contributed by atoms with Gasteiger partial charge in [-0.25, -0.2) is 4.98 Å². The zero-order valence-corrected chi connectivity index (χ0v) is 29.3. The SMILES string of the molecule is CCC(C)c1ccc2oc(-c3ccc(-c4ccccc4-c4ccccc4C4(C)C=CC(n5c6ccccc6c6ccccc65)=CC4)cc3)nc2c1. The van der Waals surface area contributed by atoms with Crippen molar-refractivity contribution in [3.05, 3.63) is 169 Å². The van der Waals surface area contributed by atoms with Crippen molar-refractivity contribution in [2.24, 2.45) is 0 Å². The van der Waals surface area contributed by atoms with Crippen LogP contribution in [0.15, 0.2) is 162 Å². The number of fused-ring (bicyclic) bond motifs is 4. The molecule has 0 bridgehead atoms. The smallest absolute Gasteiger partial charge is 0.227 e. The zero-order chi connectivity index (χ0) is 34.5. The van der Waals surface area contributed by atoms with E-state index < -0.39 is 0 Å². The van der Waals surface area contributed by atoms with Gasteiger partial charge in [-0.05, 0) is 94.6 Å². The number of oxazole rings is 1. The molecule has 0 amide bonds. The van der Waals surface area contributed by atoms with E-state index in [2.05, 4.69) is 183 Å². The topological polar surface area (TPSA) is 31.0 Å². The van der Waals surface area contributed by atoms with E-state index in [9.17, 15) is 0 Å². The van der Waals surface area contributed by atoms with Gasteiger partial charge in [0.2, 0.25) is 5.89 Å². The summed E-state index contributed by atoms with van der Waals surface area (Å²) in [5.74, 6) is 1.15. The standard InChI is InChI=1S/C48H40N2O/c1-4-32(2)35-25-26-46-43(31-35)49-47(51-46)34-23-21-33(22-24-34)37-13-5-6-14-38(37)39-15-7-10-18-42(39)48(3)29-27-36(28-30-48)50-44-19-11-8-16-40(44)41-17-9-12-20-45(41)50/h5-29,31-32H,4,30H2,1-3H3. The summed E-state index contributed by atoms with van der Waals surface area (Å²) in [5, 5.41) is 2.57. The van der Waals surface area contributed by atoms with Gasteiger partial charge in [-0.15, -0.1) is 0 Å². The number of hydrogen-bond acceptors (Lipinski definition) is 2. The molecule has 0 radical (unpaired) electrons. The third kappa shape index (κ3) is 5.32. The van der Waals surface area contributed by atoms with Crippen LogP contribution >= 0.6 is 0 Å². The molecule has 0 saturated heterocycles. The Morgan fingerprint density at radius 3 is 2.02 bits per heavy atom. The van der Waals surface area contributed by atoms with Crippen molar-refractivity contribution in [1.82, 2.24) is 9.55 Å². The van der Waals surface area contributed by atoms with Crippen molar-refractivity contribution in [2.45, 2.75) is 44.9 Å². The Hall–Kier alpha value is -5.93. The molecule has 0 fully saturated rings. The molecular formula is C48H40N2O. The minimum Gasteiger partial charge on any atom is -0.436 e. The van der Waals surface area contributed by atoms with Gasteiger partial charge in [0.15, 0.2) is 5.58 Å². The number of nitrogens with zero attached hydrogens (tertiary/aromatic N) is 2. The third-order valence-corrected chi connectivity index (χ3v) is 11.0. The normalized spacial score (nSPS) is 16.6. The van der Waals surface area contributed by atoms with Gasteiger partial charge in [0, 0.05) is 27.4 Å². The summed E-state index contributed by atoms with van der Waals surface area (Å²) in [7, 11) is 0. The average molecular weight is 661 g/mol. The maximum Gasteiger partial charge on any atom is 0.227 e. The highest BCUT2D eigenvalue weighted by atomic mass is 16.3. The Morgan fingerprint density at radius 1 is 0.706 bits per heavy atom. The van der Waals surface area contributed by atoms with Crippen LogP contribution in [-0.4, -0.2) is 9.55 Å². The second-order valence-corrected chi connectivity index (χ2v) is 14.2.